The van der Waals surface area contributed by atoms with Gasteiger partial charge in [-0.15, -0.1) is 0 Å². The molecule has 0 atom stereocenters. The highest BCUT2D eigenvalue weighted by Crippen LogP contribution is 2.07. The zero-order chi connectivity index (χ0) is 15.8. The molecule has 0 saturated heterocycles. The number of hydrogen-bond acceptors (Lipinski definition) is 3. The van der Waals surface area contributed by atoms with Gasteiger partial charge in [-0.2, -0.15) is 0 Å². The lowest BCUT2D eigenvalue weighted by Crippen LogP contribution is -2.44. The van der Waals surface area contributed by atoms with Crippen molar-refractivity contribution in [1.29, 1.82) is 0 Å². The molecule has 2 rings (SSSR count). The Morgan fingerprint density at radius 2 is 1.55 bits per heavy atom. The monoisotopic (exact) mass is 302 g/mol. The largest absolute Gasteiger partial charge is 0.484 e. The van der Waals surface area contributed by atoms with Crippen molar-refractivity contribution in [2.24, 2.45) is 0 Å². The number of carbonyl (C=O) groups is 2. The number of hydrogen-bond donors (Lipinski definition) is 2. The van der Waals surface area contributed by atoms with E-state index in [1.807, 2.05) is 6.07 Å². The minimum atomic E-state index is -0.476. The van der Waals surface area contributed by atoms with Crippen LogP contribution in [0.25, 0.3) is 0 Å². The number of benzene rings is 2. The second kappa shape index (κ2) is 7.78. The molecule has 0 spiro atoms. The Morgan fingerprint density at radius 1 is 0.909 bits per heavy atom. The molecule has 0 bridgehead atoms. The van der Waals surface area contributed by atoms with Gasteiger partial charge in [0, 0.05) is 0 Å². The molecule has 2 N–H and O–H groups in total. The standard InChI is InChI=1S/C16H15FN2O3/c17-13-8-6-12(7-9-13)10-15(20)18-19-16(21)11-22-14-4-2-1-3-5-14/h1-9H,10-11H2,(H,18,20)(H,19,21). The van der Waals surface area contributed by atoms with Gasteiger partial charge in [0.2, 0.25) is 5.91 Å². The van der Waals surface area contributed by atoms with Crippen LogP contribution in [0.5, 0.6) is 5.75 Å². The molecule has 0 unspecified atom stereocenters. The first-order chi connectivity index (χ1) is 10.6. The van der Waals surface area contributed by atoms with Crippen molar-refractivity contribution in [3.05, 3.63) is 66.0 Å². The SMILES string of the molecule is O=C(COc1ccccc1)NNC(=O)Cc1ccc(F)cc1. The van der Waals surface area contributed by atoms with E-state index < -0.39 is 11.8 Å². The van der Waals surface area contributed by atoms with Gasteiger partial charge in [0.1, 0.15) is 11.6 Å². The molecule has 0 radical (unpaired) electrons. The van der Waals surface area contributed by atoms with E-state index in [-0.39, 0.29) is 18.8 Å². The van der Waals surface area contributed by atoms with E-state index in [0.717, 1.165) is 0 Å². The van der Waals surface area contributed by atoms with Crippen LogP contribution in [-0.2, 0) is 16.0 Å². The van der Waals surface area contributed by atoms with Gasteiger partial charge in [0.25, 0.3) is 5.91 Å². The van der Waals surface area contributed by atoms with Gasteiger partial charge in [-0.3, -0.25) is 20.4 Å². The highest BCUT2D eigenvalue weighted by molar-refractivity contribution is 5.83. The Bertz CT molecular complexity index is 630. The third kappa shape index (κ3) is 5.24. The topological polar surface area (TPSA) is 67.4 Å². The van der Waals surface area contributed by atoms with E-state index in [4.69, 9.17) is 4.74 Å². The summed E-state index contributed by atoms with van der Waals surface area (Å²) in [6.07, 6.45) is 0.0418. The van der Waals surface area contributed by atoms with Gasteiger partial charge in [-0.25, -0.2) is 4.39 Å². The van der Waals surface area contributed by atoms with Crippen molar-refractivity contribution < 1.29 is 18.7 Å². The zero-order valence-corrected chi connectivity index (χ0v) is 11.7. The molecule has 2 aromatic carbocycles. The van der Waals surface area contributed by atoms with Crippen LogP contribution >= 0.6 is 0 Å². The fraction of sp³-hybridized carbons (Fsp3) is 0.125. The average molecular weight is 302 g/mol. The van der Waals surface area contributed by atoms with E-state index in [1.54, 1.807) is 24.3 Å². The van der Waals surface area contributed by atoms with Crippen molar-refractivity contribution in [2.75, 3.05) is 6.61 Å². The maximum atomic E-state index is 12.7. The van der Waals surface area contributed by atoms with Crippen LogP contribution in [0.3, 0.4) is 0 Å². The fourth-order valence-corrected chi connectivity index (χ4v) is 1.67. The van der Waals surface area contributed by atoms with Crippen molar-refractivity contribution in [2.45, 2.75) is 6.42 Å². The molecule has 0 heterocycles. The van der Waals surface area contributed by atoms with Crippen molar-refractivity contribution in [3.63, 3.8) is 0 Å². The minimum Gasteiger partial charge on any atom is -0.484 e. The Kier molecular flexibility index (Phi) is 5.48. The number of rotatable bonds is 5. The number of halogens is 1. The van der Waals surface area contributed by atoms with Crippen molar-refractivity contribution in [3.8, 4) is 5.75 Å². The molecule has 0 aromatic heterocycles. The van der Waals surface area contributed by atoms with Gasteiger partial charge in [0.05, 0.1) is 6.42 Å². The highest BCUT2D eigenvalue weighted by Gasteiger charge is 2.06. The molecular weight excluding hydrogens is 287 g/mol. The molecule has 0 aliphatic rings. The Hall–Kier alpha value is -2.89. The molecule has 5 nitrogen and oxygen atoms in total. The second-order valence-corrected chi connectivity index (χ2v) is 4.50. The van der Waals surface area contributed by atoms with Crippen LogP contribution in [-0.4, -0.2) is 18.4 Å². The molecule has 22 heavy (non-hydrogen) atoms. The van der Waals surface area contributed by atoms with E-state index in [1.165, 1.54) is 24.3 Å². The van der Waals surface area contributed by atoms with Crippen molar-refractivity contribution >= 4 is 11.8 Å². The van der Waals surface area contributed by atoms with Gasteiger partial charge in [0.15, 0.2) is 6.61 Å². The first-order valence-electron chi connectivity index (χ1n) is 6.63. The van der Waals surface area contributed by atoms with Crippen LogP contribution in [0.15, 0.2) is 54.6 Å². The molecule has 0 fully saturated rings. The van der Waals surface area contributed by atoms with Crippen LogP contribution in [0.2, 0.25) is 0 Å². The normalized spacial score (nSPS) is 9.86. The number of para-hydroxylation sites is 1. The van der Waals surface area contributed by atoms with Crippen LogP contribution < -0.4 is 15.6 Å². The lowest BCUT2D eigenvalue weighted by atomic mass is 10.1. The van der Waals surface area contributed by atoms with E-state index in [9.17, 15) is 14.0 Å². The first-order valence-corrected chi connectivity index (χ1v) is 6.63. The summed E-state index contributed by atoms with van der Waals surface area (Å²) in [6.45, 7) is -0.207. The van der Waals surface area contributed by atoms with Gasteiger partial charge < -0.3 is 4.74 Å². The lowest BCUT2D eigenvalue weighted by molar-refractivity contribution is -0.129. The molecule has 114 valence electrons. The predicted octanol–water partition coefficient (Wildman–Crippen LogP) is 1.59. The quantitative estimate of drug-likeness (QED) is 0.824. The fourth-order valence-electron chi connectivity index (χ4n) is 1.67. The van der Waals surface area contributed by atoms with Gasteiger partial charge in [-0.1, -0.05) is 30.3 Å². The van der Waals surface area contributed by atoms with Crippen LogP contribution in [0.1, 0.15) is 5.56 Å². The Labute approximate surface area is 127 Å². The highest BCUT2D eigenvalue weighted by atomic mass is 19.1. The molecule has 0 aliphatic carbocycles. The predicted molar refractivity (Wildman–Crippen MR) is 78.3 cm³/mol. The smallest absolute Gasteiger partial charge is 0.276 e. The summed E-state index contributed by atoms with van der Waals surface area (Å²) in [5.74, 6) is -0.679. The third-order valence-electron chi connectivity index (χ3n) is 2.73. The molecule has 2 aromatic rings. The summed E-state index contributed by atoms with van der Waals surface area (Å²) in [7, 11) is 0. The number of amides is 2. The summed E-state index contributed by atoms with van der Waals surface area (Å²) < 4.78 is 18.0. The molecular formula is C16H15FN2O3. The first kappa shape index (κ1) is 15.5. The lowest BCUT2D eigenvalue weighted by Gasteiger charge is -2.08. The number of ether oxygens (including phenoxy) is 1. The number of carbonyl (C=O) groups excluding carboxylic acids is 2. The van der Waals surface area contributed by atoms with Crippen molar-refractivity contribution in [1.82, 2.24) is 10.9 Å². The van der Waals surface area contributed by atoms with E-state index in [0.29, 0.717) is 11.3 Å². The average Bonchev–Trinajstić information content (AvgIpc) is 2.54. The molecule has 2 amide bonds. The van der Waals surface area contributed by atoms with Crippen LogP contribution in [0.4, 0.5) is 4.39 Å². The maximum Gasteiger partial charge on any atom is 0.276 e. The number of nitrogens with one attached hydrogen (secondary N) is 2. The summed E-state index contributed by atoms with van der Waals surface area (Å²) in [4.78, 5) is 23.1. The summed E-state index contributed by atoms with van der Waals surface area (Å²) >= 11 is 0. The van der Waals surface area contributed by atoms with E-state index >= 15 is 0 Å². The third-order valence-corrected chi connectivity index (χ3v) is 2.73. The maximum absolute atomic E-state index is 12.7. The van der Waals surface area contributed by atoms with E-state index in [2.05, 4.69) is 10.9 Å². The summed E-state index contributed by atoms with van der Waals surface area (Å²) in [5, 5.41) is 0. The Balaban J connectivity index is 1.69. The Morgan fingerprint density at radius 3 is 2.23 bits per heavy atom. The molecule has 0 saturated carbocycles. The second-order valence-electron chi connectivity index (χ2n) is 4.50. The molecule has 0 aliphatic heterocycles. The van der Waals surface area contributed by atoms with Gasteiger partial charge in [-0.05, 0) is 29.8 Å². The number of hydrazine groups is 1. The zero-order valence-electron chi connectivity index (χ0n) is 11.7. The minimum absolute atomic E-state index is 0.0418. The van der Waals surface area contributed by atoms with Crippen LogP contribution in [0, 0.1) is 5.82 Å². The van der Waals surface area contributed by atoms with Gasteiger partial charge >= 0.3 is 0 Å². The summed E-state index contributed by atoms with van der Waals surface area (Å²) in [5.41, 5.74) is 5.16. The molecule has 6 heteroatoms. The summed E-state index contributed by atoms with van der Waals surface area (Å²) in [6, 6.07) is 14.4.